The van der Waals surface area contributed by atoms with Crippen LogP contribution in [0.3, 0.4) is 0 Å². The molecule has 0 radical (unpaired) electrons. The summed E-state index contributed by atoms with van der Waals surface area (Å²) in [5.74, 6) is 0.629. The summed E-state index contributed by atoms with van der Waals surface area (Å²) in [6.45, 7) is 4.12. The van der Waals surface area contributed by atoms with E-state index in [1.807, 2.05) is 4.90 Å². The van der Waals surface area contributed by atoms with Gasteiger partial charge in [0, 0.05) is 32.2 Å². The summed E-state index contributed by atoms with van der Waals surface area (Å²) < 4.78 is 0. The molecule has 0 bridgehead atoms. The topological polar surface area (TPSA) is 106 Å². The van der Waals surface area contributed by atoms with Crippen molar-refractivity contribution in [3.8, 4) is 0 Å². The number of aromatic nitrogens is 1. The lowest BCUT2D eigenvalue weighted by Crippen LogP contribution is -2.52. The van der Waals surface area contributed by atoms with Crippen molar-refractivity contribution in [2.24, 2.45) is 5.73 Å². The minimum absolute atomic E-state index is 0.0282. The maximum atomic E-state index is 11.8. The maximum absolute atomic E-state index is 11.8. The lowest BCUT2D eigenvalue weighted by molar-refractivity contribution is -0.385. The van der Waals surface area contributed by atoms with E-state index in [1.54, 1.807) is 17.9 Å². The maximum Gasteiger partial charge on any atom is 0.287 e. The first kappa shape index (κ1) is 14.2. The van der Waals surface area contributed by atoms with Crippen LogP contribution in [0.5, 0.6) is 0 Å². The van der Waals surface area contributed by atoms with Crippen molar-refractivity contribution < 1.29 is 9.72 Å². The van der Waals surface area contributed by atoms with Crippen LogP contribution in [0.4, 0.5) is 11.5 Å². The van der Waals surface area contributed by atoms with Crippen LogP contribution in [0.15, 0.2) is 18.3 Å². The number of nitrogens with zero attached hydrogens (tertiary/aromatic N) is 4. The molecule has 1 aliphatic heterocycles. The Kier molecular flexibility index (Phi) is 4.14. The van der Waals surface area contributed by atoms with Gasteiger partial charge in [0.1, 0.15) is 12.0 Å². The Balaban J connectivity index is 1.97. The Morgan fingerprint density at radius 3 is 2.50 bits per heavy atom. The fourth-order valence-electron chi connectivity index (χ4n) is 2.12. The standard InChI is InChI=1S/C12H17N5O3/c1-9(13)12(18)16-6-4-15(5-7-16)11-3-2-10(8-14-11)17(19)20/h2-3,8-9H,4-7,13H2,1H3/t9-/m1/s1. The van der Waals surface area contributed by atoms with Gasteiger partial charge >= 0.3 is 0 Å². The van der Waals surface area contributed by atoms with Crippen LogP contribution in [0, 0.1) is 10.1 Å². The Morgan fingerprint density at radius 2 is 2.05 bits per heavy atom. The summed E-state index contributed by atoms with van der Waals surface area (Å²) >= 11 is 0. The minimum Gasteiger partial charge on any atom is -0.353 e. The fourth-order valence-corrected chi connectivity index (χ4v) is 2.12. The second-order valence-electron chi connectivity index (χ2n) is 4.73. The van der Waals surface area contributed by atoms with Crippen LogP contribution >= 0.6 is 0 Å². The molecule has 1 aromatic heterocycles. The largest absolute Gasteiger partial charge is 0.353 e. The first-order chi connectivity index (χ1) is 9.49. The molecule has 0 spiro atoms. The van der Waals surface area contributed by atoms with Crippen LogP contribution in [0.2, 0.25) is 0 Å². The molecule has 20 heavy (non-hydrogen) atoms. The lowest BCUT2D eigenvalue weighted by atomic mass is 10.2. The van der Waals surface area contributed by atoms with Gasteiger partial charge in [0.25, 0.3) is 5.69 Å². The van der Waals surface area contributed by atoms with Crippen molar-refractivity contribution in [1.29, 1.82) is 0 Å². The number of rotatable bonds is 3. The van der Waals surface area contributed by atoms with Gasteiger partial charge in [-0.3, -0.25) is 14.9 Å². The second-order valence-corrected chi connectivity index (χ2v) is 4.73. The first-order valence-electron chi connectivity index (χ1n) is 6.39. The molecule has 2 heterocycles. The molecule has 0 saturated carbocycles. The normalized spacial score (nSPS) is 16.9. The summed E-state index contributed by atoms with van der Waals surface area (Å²) in [6, 6.07) is 2.57. The highest BCUT2D eigenvalue weighted by molar-refractivity contribution is 5.81. The molecule has 1 aromatic rings. The molecule has 0 aliphatic carbocycles. The molecular formula is C12H17N5O3. The van der Waals surface area contributed by atoms with E-state index < -0.39 is 11.0 Å². The van der Waals surface area contributed by atoms with Crippen molar-refractivity contribution in [2.75, 3.05) is 31.1 Å². The quantitative estimate of drug-likeness (QED) is 0.616. The highest BCUT2D eigenvalue weighted by Gasteiger charge is 2.23. The number of amides is 1. The fraction of sp³-hybridized carbons (Fsp3) is 0.500. The number of pyridine rings is 1. The smallest absolute Gasteiger partial charge is 0.287 e. The van der Waals surface area contributed by atoms with Crippen LogP contribution in [0.25, 0.3) is 0 Å². The molecule has 0 aromatic carbocycles. The highest BCUT2D eigenvalue weighted by Crippen LogP contribution is 2.17. The van der Waals surface area contributed by atoms with E-state index >= 15 is 0 Å². The minimum atomic E-state index is -0.487. The average Bonchev–Trinajstić information content (AvgIpc) is 2.46. The average molecular weight is 279 g/mol. The molecule has 8 nitrogen and oxygen atoms in total. The number of piperazine rings is 1. The number of nitro groups is 1. The van der Waals surface area contributed by atoms with Crippen molar-refractivity contribution in [1.82, 2.24) is 9.88 Å². The molecule has 1 aliphatic rings. The van der Waals surface area contributed by atoms with Gasteiger partial charge in [-0.1, -0.05) is 0 Å². The van der Waals surface area contributed by atoms with Crippen LogP contribution in [-0.4, -0.2) is 52.9 Å². The third-order valence-corrected chi connectivity index (χ3v) is 3.25. The predicted molar refractivity (Wildman–Crippen MR) is 73.3 cm³/mol. The summed E-state index contributed by atoms with van der Waals surface area (Å²) in [7, 11) is 0. The zero-order valence-electron chi connectivity index (χ0n) is 11.2. The van der Waals surface area contributed by atoms with Gasteiger partial charge < -0.3 is 15.5 Å². The van der Waals surface area contributed by atoms with Gasteiger partial charge in [-0.05, 0) is 13.0 Å². The van der Waals surface area contributed by atoms with Crippen molar-refractivity contribution in [3.05, 3.63) is 28.4 Å². The molecule has 1 saturated heterocycles. The SMILES string of the molecule is C[C@@H](N)C(=O)N1CCN(c2ccc([N+](=O)[O-])cn2)CC1. The number of hydrogen-bond acceptors (Lipinski definition) is 6. The zero-order valence-corrected chi connectivity index (χ0v) is 11.2. The summed E-state index contributed by atoms with van der Waals surface area (Å²) in [4.78, 5) is 29.7. The van der Waals surface area contributed by atoms with E-state index in [0.717, 1.165) is 0 Å². The zero-order chi connectivity index (χ0) is 14.7. The number of carbonyl (C=O) groups excluding carboxylic acids is 1. The van der Waals surface area contributed by atoms with Crippen molar-refractivity contribution in [3.63, 3.8) is 0 Å². The molecule has 1 amide bonds. The molecular weight excluding hydrogens is 262 g/mol. The van der Waals surface area contributed by atoms with Gasteiger partial charge in [-0.15, -0.1) is 0 Å². The molecule has 1 atom stereocenters. The predicted octanol–water partition coefficient (Wildman–Crippen LogP) is -0.0144. The van der Waals surface area contributed by atoms with Gasteiger partial charge in [-0.2, -0.15) is 0 Å². The van der Waals surface area contributed by atoms with Crippen molar-refractivity contribution in [2.45, 2.75) is 13.0 Å². The Hall–Kier alpha value is -2.22. The monoisotopic (exact) mass is 279 g/mol. The van der Waals surface area contributed by atoms with E-state index in [4.69, 9.17) is 5.73 Å². The third kappa shape index (κ3) is 3.02. The number of anilines is 1. The molecule has 8 heteroatoms. The Bertz CT molecular complexity index is 494. The van der Waals surface area contributed by atoms with E-state index in [-0.39, 0.29) is 11.6 Å². The van der Waals surface area contributed by atoms with Crippen molar-refractivity contribution >= 4 is 17.4 Å². The third-order valence-electron chi connectivity index (χ3n) is 3.25. The first-order valence-corrected chi connectivity index (χ1v) is 6.39. The van der Waals surface area contributed by atoms with E-state index in [2.05, 4.69) is 4.98 Å². The number of carbonyl (C=O) groups is 1. The Morgan fingerprint density at radius 1 is 1.40 bits per heavy atom. The van der Waals surface area contributed by atoms with Crippen LogP contribution in [0.1, 0.15) is 6.92 Å². The number of nitrogens with two attached hydrogens (primary N) is 1. The van der Waals surface area contributed by atoms with Gasteiger partial charge in [0.2, 0.25) is 5.91 Å². The Labute approximate surface area is 116 Å². The van der Waals surface area contributed by atoms with Gasteiger partial charge in [-0.25, -0.2) is 4.98 Å². The molecule has 108 valence electrons. The van der Waals surface area contributed by atoms with Crippen LogP contribution < -0.4 is 10.6 Å². The molecule has 2 N–H and O–H groups in total. The number of hydrogen-bond donors (Lipinski definition) is 1. The van der Waals surface area contributed by atoms with E-state index in [1.165, 1.54) is 12.3 Å². The lowest BCUT2D eigenvalue weighted by Gasteiger charge is -2.36. The molecule has 0 unspecified atom stereocenters. The highest BCUT2D eigenvalue weighted by atomic mass is 16.6. The summed E-state index contributed by atoms with van der Waals surface area (Å²) in [5, 5.41) is 10.6. The van der Waals surface area contributed by atoms with Crippen LogP contribution in [-0.2, 0) is 4.79 Å². The second kappa shape index (κ2) is 5.83. The molecule has 2 rings (SSSR count). The van der Waals surface area contributed by atoms with E-state index in [0.29, 0.717) is 32.0 Å². The van der Waals surface area contributed by atoms with Gasteiger partial charge in [0.15, 0.2) is 0 Å². The molecule has 1 fully saturated rings. The van der Waals surface area contributed by atoms with E-state index in [9.17, 15) is 14.9 Å². The summed E-state index contributed by atoms with van der Waals surface area (Å²) in [6.07, 6.45) is 1.24. The summed E-state index contributed by atoms with van der Waals surface area (Å²) in [5.41, 5.74) is 5.55. The van der Waals surface area contributed by atoms with Gasteiger partial charge in [0.05, 0.1) is 11.0 Å².